The molecule has 1 N–H and O–H groups in total. The maximum absolute atomic E-state index is 11.7. The summed E-state index contributed by atoms with van der Waals surface area (Å²) in [6.45, 7) is 2.05. The predicted octanol–water partition coefficient (Wildman–Crippen LogP) is 1.92. The average molecular weight is 354 g/mol. The summed E-state index contributed by atoms with van der Waals surface area (Å²) in [6, 6.07) is 8.75. The Hall–Kier alpha value is -2.02. The molecular weight excluding hydrogens is 335 g/mol. The van der Waals surface area contributed by atoms with Gasteiger partial charge in [-0.15, -0.1) is 5.06 Å². The maximum Gasteiger partial charge on any atom is 0.342 e. The van der Waals surface area contributed by atoms with E-state index in [1.807, 2.05) is 13.0 Å². The second-order valence-corrected chi connectivity index (χ2v) is 6.06. The molecule has 0 aliphatic carbocycles. The minimum atomic E-state index is -1.92. The van der Waals surface area contributed by atoms with Crippen LogP contribution in [-0.4, -0.2) is 36.0 Å². The van der Waals surface area contributed by atoms with E-state index in [9.17, 15) is 14.4 Å². The highest BCUT2D eigenvalue weighted by Crippen LogP contribution is 2.37. The molecule has 130 valence electrons. The molecule has 1 aromatic carbocycles. The van der Waals surface area contributed by atoms with Crippen LogP contribution in [0.2, 0.25) is 0 Å². The highest BCUT2D eigenvalue weighted by Gasteiger charge is 2.34. The van der Waals surface area contributed by atoms with Gasteiger partial charge in [-0.05, 0) is 18.6 Å². The van der Waals surface area contributed by atoms with Crippen LogP contribution in [0.3, 0.4) is 0 Å². The minimum Gasteiger partial charge on any atom is -0.465 e. The fraction of sp³-hybridized carbons (Fsp3) is 0.400. The zero-order valence-electron chi connectivity index (χ0n) is 13.3. The first-order chi connectivity index (χ1) is 11.6. The van der Waals surface area contributed by atoms with Crippen LogP contribution in [0.1, 0.15) is 26.2 Å². The van der Waals surface area contributed by atoms with Gasteiger partial charge in [-0.2, -0.15) is 4.62 Å². The number of hydroxylamine groups is 2. The van der Waals surface area contributed by atoms with Crippen LogP contribution >= 0.6 is 8.53 Å². The van der Waals surface area contributed by atoms with E-state index in [2.05, 4.69) is 5.09 Å². The number of amides is 2. The Morgan fingerprint density at radius 1 is 1.21 bits per heavy atom. The predicted molar refractivity (Wildman–Crippen MR) is 85.4 cm³/mol. The van der Waals surface area contributed by atoms with E-state index in [0.29, 0.717) is 23.8 Å². The number of carbonyl (C=O) groups is 3. The first-order valence-electron chi connectivity index (χ1n) is 7.56. The lowest BCUT2D eigenvalue weighted by molar-refractivity contribution is -0.164. The molecule has 1 unspecified atom stereocenters. The first kappa shape index (κ1) is 18.3. The van der Waals surface area contributed by atoms with Gasteiger partial charge >= 0.3 is 14.5 Å². The topological polar surface area (TPSA) is 94.2 Å². The summed E-state index contributed by atoms with van der Waals surface area (Å²) in [4.78, 5) is 34.9. The standard InChI is InChI=1S/C15H19N2O6P/c1-2-10-21-15(20)11-16-24(22-12-6-4-3-5-7-12)23-17-13(18)8-9-14(17)19/h3-7,16H,2,8-11H2,1H3. The molecule has 1 heterocycles. The number of imide groups is 1. The quantitative estimate of drug-likeness (QED) is 0.411. The molecule has 0 saturated carbocycles. The molecule has 1 fully saturated rings. The largest absolute Gasteiger partial charge is 0.465 e. The number of nitrogens with one attached hydrogen (secondary N) is 1. The van der Waals surface area contributed by atoms with E-state index in [1.165, 1.54) is 0 Å². The number of hydrogen-bond acceptors (Lipinski definition) is 7. The summed E-state index contributed by atoms with van der Waals surface area (Å²) < 4.78 is 15.9. The third-order valence-corrected chi connectivity index (χ3v) is 4.02. The van der Waals surface area contributed by atoms with Gasteiger partial charge in [0.25, 0.3) is 11.8 Å². The second kappa shape index (κ2) is 9.32. The number of benzene rings is 1. The van der Waals surface area contributed by atoms with Gasteiger partial charge in [0.05, 0.1) is 6.61 Å². The summed E-state index contributed by atoms with van der Waals surface area (Å²) in [5, 5.41) is 3.44. The van der Waals surface area contributed by atoms with Crippen molar-refractivity contribution < 1.29 is 28.3 Å². The van der Waals surface area contributed by atoms with Crippen molar-refractivity contribution in [1.29, 1.82) is 0 Å². The Kier molecular flexibility index (Phi) is 7.11. The number of carbonyl (C=O) groups excluding carboxylic acids is 3. The van der Waals surface area contributed by atoms with Gasteiger partial charge in [-0.1, -0.05) is 25.1 Å². The smallest absolute Gasteiger partial charge is 0.342 e. The van der Waals surface area contributed by atoms with E-state index in [-0.39, 0.29) is 19.4 Å². The molecule has 9 heteroatoms. The third kappa shape index (κ3) is 5.56. The number of hydrogen-bond donors (Lipinski definition) is 1. The molecule has 24 heavy (non-hydrogen) atoms. The Morgan fingerprint density at radius 3 is 2.50 bits per heavy atom. The number of esters is 1. The highest BCUT2D eigenvalue weighted by molar-refractivity contribution is 7.45. The minimum absolute atomic E-state index is 0.103. The molecule has 2 rings (SSSR count). The van der Waals surface area contributed by atoms with Crippen molar-refractivity contribution in [3.05, 3.63) is 30.3 Å². The Morgan fingerprint density at radius 2 is 1.88 bits per heavy atom. The molecule has 1 aromatic rings. The molecule has 0 spiro atoms. The van der Waals surface area contributed by atoms with Crippen molar-refractivity contribution in [3.63, 3.8) is 0 Å². The SMILES string of the molecule is CCCOC(=O)CNP(Oc1ccccc1)ON1C(=O)CCC1=O. The van der Waals surface area contributed by atoms with Crippen LogP contribution in [0.5, 0.6) is 5.75 Å². The van der Waals surface area contributed by atoms with Gasteiger partial charge in [0.15, 0.2) is 0 Å². The molecule has 2 amide bonds. The number of para-hydroxylation sites is 1. The molecule has 1 aliphatic heterocycles. The summed E-state index contributed by atoms with van der Waals surface area (Å²) in [7, 11) is -1.92. The zero-order chi connectivity index (χ0) is 17.4. The lowest BCUT2D eigenvalue weighted by Gasteiger charge is -2.21. The maximum atomic E-state index is 11.7. The molecule has 1 atom stereocenters. The normalized spacial score (nSPS) is 15.5. The fourth-order valence-corrected chi connectivity index (χ4v) is 2.83. The van der Waals surface area contributed by atoms with Crippen LogP contribution in [0.4, 0.5) is 0 Å². The first-order valence-corrected chi connectivity index (χ1v) is 8.74. The van der Waals surface area contributed by atoms with E-state index in [4.69, 9.17) is 13.9 Å². The van der Waals surface area contributed by atoms with Crippen molar-refractivity contribution >= 4 is 26.3 Å². The molecule has 1 saturated heterocycles. The van der Waals surface area contributed by atoms with Crippen molar-refractivity contribution in [3.8, 4) is 5.75 Å². The zero-order valence-corrected chi connectivity index (χ0v) is 14.2. The van der Waals surface area contributed by atoms with Gasteiger partial charge in [0.1, 0.15) is 12.3 Å². The summed E-state index contributed by atoms with van der Waals surface area (Å²) >= 11 is 0. The molecule has 0 radical (unpaired) electrons. The molecule has 8 nitrogen and oxygen atoms in total. The third-order valence-electron chi connectivity index (χ3n) is 2.91. The van der Waals surface area contributed by atoms with Crippen LogP contribution in [-0.2, 0) is 23.7 Å². The average Bonchev–Trinajstić information content (AvgIpc) is 2.90. The van der Waals surface area contributed by atoms with Crippen LogP contribution in [0.15, 0.2) is 30.3 Å². The Balaban J connectivity index is 1.96. The number of nitrogens with zero attached hydrogens (tertiary/aromatic N) is 1. The van der Waals surface area contributed by atoms with Gasteiger partial charge in [0.2, 0.25) is 0 Å². The number of rotatable bonds is 9. The summed E-state index contributed by atoms with van der Waals surface area (Å²) in [5.41, 5.74) is 0. The summed E-state index contributed by atoms with van der Waals surface area (Å²) in [6.07, 6.45) is 0.923. The molecular formula is C15H19N2O6P. The van der Waals surface area contributed by atoms with Gasteiger partial charge in [-0.25, -0.2) is 5.09 Å². The van der Waals surface area contributed by atoms with Crippen LogP contribution < -0.4 is 9.61 Å². The van der Waals surface area contributed by atoms with E-state index in [0.717, 1.165) is 0 Å². The van der Waals surface area contributed by atoms with Crippen molar-refractivity contribution in [2.75, 3.05) is 13.2 Å². The lowest BCUT2D eigenvalue weighted by Crippen LogP contribution is -2.32. The second-order valence-electron chi connectivity index (χ2n) is 4.88. The lowest BCUT2D eigenvalue weighted by atomic mass is 10.3. The van der Waals surface area contributed by atoms with Gasteiger partial charge in [0, 0.05) is 12.8 Å². The summed E-state index contributed by atoms with van der Waals surface area (Å²) in [5.74, 6) is -0.847. The fourth-order valence-electron chi connectivity index (χ4n) is 1.77. The van der Waals surface area contributed by atoms with E-state index >= 15 is 0 Å². The molecule has 1 aliphatic rings. The highest BCUT2D eigenvalue weighted by atomic mass is 31.2. The van der Waals surface area contributed by atoms with Gasteiger partial charge < -0.3 is 9.26 Å². The van der Waals surface area contributed by atoms with Crippen molar-refractivity contribution in [2.24, 2.45) is 0 Å². The van der Waals surface area contributed by atoms with Crippen LogP contribution in [0.25, 0.3) is 0 Å². The van der Waals surface area contributed by atoms with Gasteiger partial charge in [-0.3, -0.25) is 14.4 Å². The van der Waals surface area contributed by atoms with E-state index < -0.39 is 26.3 Å². The molecule has 0 bridgehead atoms. The van der Waals surface area contributed by atoms with E-state index in [1.54, 1.807) is 24.3 Å². The van der Waals surface area contributed by atoms with Crippen molar-refractivity contribution in [2.45, 2.75) is 26.2 Å². The Bertz CT molecular complexity index is 567. The molecule has 0 aromatic heterocycles. The Labute approximate surface area is 141 Å². The number of ether oxygens (including phenoxy) is 1. The van der Waals surface area contributed by atoms with Crippen molar-refractivity contribution in [1.82, 2.24) is 10.2 Å². The van der Waals surface area contributed by atoms with Crippen LogP contribution in [0, 0.1) is 0 Å². The monoisotopic (exact) mass is 354 g/mol.